The molecular formula is C29H34Cl3FN2O3. The van der Waals surface area contributed by atoms with Crippen molar-refractivity contribution in [3.8, 4) is 5.75 Å². The molecule has 0 aromatic heterocycles. The van der Waals surface area contributed by atoms with E-state index >= 15 is 0 Å². The molecule has 0 spiro atoms. The maximum absolute atomic E-state index is 13.4. The standard InChI is InChI=1S/C29H34Cl3FN2O3/c30-29(31,32)27(36)20-28(18-22-5-7-24(33)8-6-22)10-9-23(19-28)21-34-25-3-1-4-26(17-25)38-14-2-11-35-12-15-37-16-13-35/h1,3-8,17,19,34H,2,9-16,18,20-21H2. The number of rotatable bonds is 12. The second kappa shape index (κ2) is 13.5. The van der Waals surface area contributed by atoms with Gasteiger partial charge >= 0.3 is 0 Å². The first-order chi connectivity index (χ1) is 18.2. The molecule has 2 aromatic rings. The third-order valence-electron chi connectivity index (χ3n) is 7.10. The van der Waals surface area contributed by atoms with Gasteiger partial charge in [-0.05, 0) is 60.9 Å². The number of carbonyl (C=O) groups is 1. The van der Waals surface area contributed by atoms with Gasteiger partial charge in [-0.15, -0.1) is 0 Å². The maximum atomic E-state index is 13.4. The summed E-state index contributed by atoms with van der Waals surface area (Å²) < 4.78 is 22.8. The van der Waals surface area contributed by atoms with Crippen molar-refractivity contribution in [2.75, 3.05) is 51.3 Å². The number of alkyl halides is 3. The molecule has 5 nitrogen and oxygen atoms in total. The van der Waals surface area contributed by atoms with Crippen LogP contribution < -0.4 is 10.1 Å². The number of ether oxygens (including phenoxy) is 2. The Bertz CT molecular complexity index is 1100. The number of anilines is 1. The third kappa shape index (κ3) is 8.85. The summed E-state index contributed by atoms with van der Waals surface area (Å²) in [6, 6.07) is 14.3. The van der Waals surface area contributed by atoms with Gasteiger partial charge in [0.25, 0.3) is 0 Å². The SMILES string of the molecule is O=C(CC1(Cc2ccc(F)cc2)C=C(CNc2cccc(OCCCN3CCOCC3)c2)CC1)C(Cl)(Cl)Cl. The number of nitrogens with one attached hydrogen (secondary N) is 1. The average molecular weight is 584 g/mol. The van der Waals surface area contributed by atoms with Crippen molar-refractivity contribution in [1.29, 1.82) is 0 Å². The number of morpholine rings is 1. The molecule has 1 N–H and O–H groups in total. The highest BCUT2D eigenvalue weighted by atomic mass is 35.6. The Kier molecular flexibility index (Phi) is 10.4. The van der Waals surface area contributed by atoms with E-state index in [1.165, 1.54) is 17.7 Å². The molecule has 0 saturated carbocycles. The van der Waals surface area contributed by atoms with E-state index in [4.69, 9.17) is 44.3 Å². The van der Waals surface area contributed by atoms with Crippen LogP contribution in [0.25, 0.3) is 0 Å². The predicted octanol–water partition coefficient (Wildman–Crippen LogP) is 6.62. The molecule has 9 heteroatoms. The second-order valence-electron chi connectivity index (χ2n) is 10.1. The van der Waals surface area contributed by atoms with Crippen LogP contribution in [0.15, 0.2) is 60.2 Å². The number of allylic oxidation sites excluding steroid dienone is 1. The molecule has 4 rings (SSSR count). The highest BCUT2D eigenvalue weighted by molar-refractivity contribution is 6.76. The van der Waals surface area contributed by atoms with Crippen molar-refractivity contribution in [1.82, 2.24) is 4.90 Å². The van der Waals surface area contributed by atoms with Gasteiger partial charge in [0, 0.05) is 44.4 Å². The second-order valence-corrected chi connectivity index (χ2v) is 12.4. The zero-order valence-electron chi connectivity index (χ0n) is 21.4. The summed E-state index contributed by atoms with van der Waals surface area (Å²) in [6.07, 6.45) is 5.35. The summed E-state index contributed by atoms with van der Waals surface area (Å²) in [5.74, 6) is 0.0974. The minimum atomic E-state index is -1.97. The van der Waals surface area contributed by atoms with Gasteiger partial charge in [-0.2, -0.15) is 0 Å². The smallest absolute Gasteiger partial charge is 0.248 e. The molecule has 1 atom stereocenters. The van der Waals surface area contributed by atoms with Crippen molar-refractivity contribution >= 4 is 46.3 Å². The third-order valence-corrected chi connectivity index (χ3v) is 7.73. The van der Waals surface area contributed by atoms with Gasteiger partial charge in [-0.25, -0.2) is 4.39 Å². The number of ketones is 1. The number of benzene rings is 2. The summed E-state index contributed by atoms with van der Waals surface area (Å²) in [5, 5.41) is 3.48. The van der Waals surface area contributed by atoms with Crippen molar-refractivity contribution in [2.45, 2.75) is 35.9 Å². The van der Waals surface area contributed by atoms with Crippen LogP contribution in [0.3, 0.4) is 0 Å². The molecule has 206 valence electrons. The van der Waals surface area contributed by atoms with Crippen LogP contribution in [0.1, 0.15) is 31.2 Å². The first-order valence-electron chi connectivity index (χ1n) is 13.0. The summed E-state index contributed by atoms with van der Waals surface area (Å²) in [5.41, 5.74) is 2.60. The van der Waals surface area contributed by atoms with Gasteiger partial charge in [-0.1, -0.05) is 64.7 Å². The minimum absolute atomic E-state index is 0.109. The molecule has 1 heterocycles. The van der Waals surface area contributed by atoms with E-state index < -0.39 is 15.0 Å². The maximum Gasteiger partial charge on any atom is 0.248 e. The Hall–Kier alpha value is -1.83. The van der Waals surface area contributed by atoms with Crippen molar-refractivity contribution < 1.29 is 18.7 Å². The normalized spacial score (nSPS) is 20.3. The highest BCUT2D eigenvalue weighted by Gasteiger charge is 2.41. The first kappa shape index (κ1) is 29.2. The Balaban J connectivity index is 1.34. The van der Waals surface area contributed by atoms with Gasteiger partial charge in [0.1, 0.15) is 11.6 Å². The van der Waals surface area contributed by atoms with Crippen molar-refractivity contribution in [3.63, 3.8) is 0 Å². The Morgan fingerprint density at radius 1 is 1.13 bits per heavy atom. The molecule has 2 aromatic carbocycles. The van der Waals surface area contributed by atoms with E-state index in [0.717, 1.165) is 69.1 Å². The fourth-order valence-electron chi connectivity index (χ4n) is 5.11. The van der Waals surface area contributed by atoms with Crippen LogP contribution in [0.2, 0.25) is 0 Å². The van der Waals surface area contributed by atoms with Crippen LogP contribution in [-0.2, 0) is 16.0 Å². The largest absolute Gasteiger partial charge is 0.493 e. The summed E-state index contributed by atoms with van der Waals surface area (Å²) >= 11 is 17.7. The van der Waals surface area contributed by atoms with E-state index in [0.29, 0.717) is 19.6 Å². The lowest BCUT2D eigenvalue weighted by atomic mass is 9.77. The Morgan fingerprint density at radius 3 is 2.63 bits per heavy atom. The molecule has 2 aliphatic rings. The molecule has 1 saturated heterocycles. The molecule has 1 aliphatic carbocycles. The summed E-state index contributed by atoms with van der Waals surface area (Å²) in [4.78, 5) is 15.1. The molecular weight excluding hydrogens is 550 g/mol. The van der Waals surface area contributed by atoms with E-state index in [1.54, 1.807) is 12.1 Å². The molecule has 0 radical (unpaired) electrons. The lowest BCUT2D eigenvalue weighted by molar-refractivity contribution is -0.119. The van der Waals surface area contributed by atoms with Crippen LogP contribution in [-0.4, -0.2) is 60.5 Å². The Labute approximate surface area is 239 Å². The quantitative estimate of drug-likeness (QED) is 0.173. The minimum Gasteiger partial charge on any atom is -0.493 e. The average Bonchev–Trinajstić information content (AvgIpc) is 3.29. The van der Waals surface area contributed by atoms with Crippen LogP contribution in [0.4, 0.5) is 10.1 Å². The van der Waals surface area contributed by atoms with Gasteiger partial charge < -0.3 is 14.8 Å². The fraction of sp³-hybridized carbons (Fsp3) is 0.483. The van der Waals surface area contributed by atoms with E-state index in [2.05, 4.69) is 16.3 Å². The lowest BCUT2D eigenvalue weighted by Crippen LogP contribution is -2.37. The topological polar surface area (TPSA) is 50.8 Å². The van der Waals surface area contributed by atoms with E-state index in [-0.39, 0.29) is 12.2 Å². The summed E-state index contributed by atoms with van der Waals surface area (Å²) in [7, 11) is 0. The van der Waals surface area contributed by atoms with Crippen molar-refractivity contribution in [2.24, 2.45) is 5.41 Å². The van der Waals surface area contributed by atoms with Gasteiger partial charge in [0.15, 0.2) is 5.78 Å². The van der Waals surface area contributed by atoms with Crippen molar-refractivity contribution in [3.05, 3.63) is 71.6 Å². The Morgan fingerprint density at radius 2 is 1.89 bits per heavy atom. The summed E-state index contributed by atoms with van der Waals surface area (Å²) in [6.45, 7) is 5.89. The molecule has 38 heavy (non-hydrogen) atoms. The van der Waals surface area contributed by atoms with E-state index in [9.17, 15) is 9.18 Å². The zero-order chi connectivity index (χ0) is 27.0. The van der Waals surface area contributed by atoms with E-state index in [1.807, 2.05) is 24.3 Å². The number of nitrogens with zero attached hydrogens (tertiary/aromatic N) is 1. The molecule has 0 amide bonds. The molecule has 1 unspecified atom stereocenters. The van der Waals surface area contributed by atoms with Crippen LogP contribution in [0.5, 0.6) is 5.75 Å². The first-order valence-corrected chi connectivity index (χ1v) is 14.2. The number of Topliss-reactive ketones (excluding diaryl/α,β-unsaturated/α-hetero) is 1. The lowest BCUT2D eigenvalue weighted by Gasteiger charge is -2.28. The highest BCUT2D eigenvalue weighted by Crippen LogP contribution is 2.45. The molecule has 1 aliphatic heterocycles. The van der Waals surface area contributed by atoms with Gasteiger partial charge in [0.2, 0.25) is 3.79 Å². The number of carbonyl (C=O) groups excluding carboxylic acids is 1. The zero-order valence-corrected chi connectivity index (χ0v) is 23.6. The van der Waals surface area contributed by atoms with Gasteiger partial charge in [0.05, 0.1) is 19.8 Å². The number of halogens is 4. The number of hydrogen-bond donors (Lipinski definition) is 1. The fourth-order valence-corrected chi connectivity index (χ4v) is 5.31. The molecule has 0 bridgehead atoms. The van der Waals surface area contributed by atoms with Gasteiger partial charge in [-0.3, -0.25) is 9.69 Å². The van der Waals surface area contributed by atoms with Crippen LogP contribution >= 0.6 is 34.8 Å². The van der Waals surface area contributed by atoms with Crippen LogP contribution in [0, 0.1) is 11.2 Å². The monoisotopic (exact) mass is 582 g/mol. The predicted molar refractivity (Wildman–Crippen MR) is 152 cm³/mol. The number of hydrogen-bond acceptors (Lipinski definition) is 5. The molecule has 1 fully saturated rings.